The van der Waals surface area contributed by atoms with Crippen LogP contribution in [0.15, 0.2) is 54.1 Å². The fourth-order valence-electron chi connectivity index (χ4n) is 3.46. The van der Waals surface area contributed by atoms with Gasteiger partial charge >= 0.3 is 11.9 Å². The molecule has 4 heteroatoms. The zero-order valence-corrected chi connectivity index (χ0v) is 17.2. The van der Waals surface area contributed by atoms with Crippen molar-refractivity contribution in [2.75, 3.05) is 13.2 Å². The van der Waals surface area contributed by atoms with Gasteiger partial charge in [-0.1, -0.05) is 82.2 Å². The Morgan fingerprint density at radius 1 is 1.11 bits per heavy atom. The third-order valence-electron chi connectivity index (χ3n) is 5.24. The lowest BCUT2D eigenvalue weighted by molar-refractivity contribution is -0.152. The number of hydrogen-bond donors (Lipinski definition) is 0. The van der Waals surface area contributed by atoms with Crippen LogP contribution in [0, 0.1) is 17.8 Å². The van der Waals surface area contributed by atoms with Crippen molar-refractivity contribution in [1.82, 2.24) is 0 Å². The van der Waals surface area contributed by atoms with Gasteiger partial charge in [-0.05, 0) is 23.8 Å². The third-order valence-corrected chi connectivity index (χ3v) is 5.24. The van der Waals surface area contributed by atoms with E-state index < -0.39 is 11.9 Å². The summed E-state index contributed by atoms with van der Waals surface area (Å²) in [6.45, 7) is 6.85. The number of rotatable bonds is 10. The van der Waals surface area contributed by atoms with Gasteiger partial charge in [-0.15, -0.1) is 0 Å². The first kappa shape index (κ1) is 21.9. The van der Waals surface area contributed by atoms with E-state index in [0.717, 1.165) is 24.8 Å². The molecule has 1 aromatic carbocycles. The monoisotopic (exact) mass is 384 g/mol. The number of carbonyl (C=O) groups excluding carboxylic acids is 2. The summed E-state index contributed by atoms with van der Waals surface area (Å²) in [5, 5.41) is 0. The number of benzene rings is 1. The van der Waals surface area contributed by atoms with E-state index in [1.54, 1.807) is 6.08 Å². The van der Waals surface area contributed by atoms with Crippen LogP contribution in [0.1, 0.15) is 45.6 Å². The number of hydrogen-bond acceptors (Lipinski definition) is 4. The van der Waals surface area contributed by atoms with Gasteiger partial charge in [-0.3, -0.25) is 4.79 Å². The average Bonchev–Trinajstić information content (AvgIpc) is 2.71. The Morgan fingerprint density at radius 3 is 2.54 bits per heavy atom. The van der Waals surface area contributed by atoms with Gasteiger partial charge in [0.15, 0.2) is 0 Å². The van der Waals surface area contributed by atoms with Gasteiger partial charge in [-0.2, -0.15) is 0 Å². The second-order valence-corrected chi connectivity index (χ2v) is 7.41. The molecule has 4 nitrogen and oxygen atoms in total. The molecule has 2 unspecified atom stereocenters. The summed E-state index contributed by atoms with van der Waals surface area (Å²) in [4.78, 5) is 25.4. The van der Waals surface area contributed by atoms with Crippen molar-refractivity contribution >= 4 is 11.9 Å². The van der Waals surface area contributed by atoms with Crippen molar-refractivity contribution in [3.05, 3.63) is 59.7 Å². The summed E-state index contributed by atoms with van der Waals surface area (Å²) in [5.41, 5.74) is 1.51. The van der Waals surface area contributed by atoms with Crippen molar-refractivity contribution in [3.8, 4) is 0 Å². The minimum absolute atomic E-state index is 0.102. The van der Waals surface area contributed by atoms with E-state index in [-0.39, 0.29) is 11.9 Å². The highest BCUT2D eigenvalue weighted by Gasteiger charge is 2.35. The van der Waals surface area contributed by atoms with E-state index >= 15 is 0 Å². The van der Waals surface area contributed by atoms with Crippen LogP contribution in [0.4, 0.5) is 0 Å². The molecule has 0 bridgehead atoms. The summed E-state index contributed by atoms with van der Waals surface area (Å²) in [6, 6.07) is 9.89. The highest BCUT2D eigenvalue weighted by Crippen LogP contribution is 2.29. The number of carbonyl (C=O) groups is 2. The van der Waals surface area contributed by atoms with E-state index in [1.165, 1.54) is 0 Å². The summed E-state index contributed by atoms with van der Waals surface area (Å²) < 4.78 is 11.0. The van der Waals surface area contributed by atoms with Gasteiger partial charge in [-0.25, -0.2) is 4.79 Å². The molecular weight excluding hydrogens is 352 g/mol. The van der Waals surface area contributed by atoms with Gasteiger partial charge in [0.1, 0.15) is 0 Å². The Hall–Kier alpha value is -2.36. The normalized spacial score (nSPS) is 19.6. The third kappa shape index (κ3) is 6.36. The molecule has 0 radical (unpaired) electrons. The van der Waals surface area contributed by atoms with Crippen LogP contribution >= 0.6 is 0 Å². The predicted octanol–water partition coefficient (Wildman–Crippen LogP) is 4.89. The molecule has 0 amide bonds. The number of esters is 2. The molecule has 0 saturated heterocycles. The SMILES string of the molecule is CCCC(CC)COC(=O)C1=CC=C[C@H](C)C1C(=O)OCCc1ccccc1. The molecule has 2 rings (SSSR count). The lowest BCUT2D eigenvalue weighted by atomic mass is 9.83. The average molecular weight is 385 g/mol. The molecule has 152 valence electrons. The maximum Gasteiger partial charge on any atom is 0.334 e. The molecule has 0 spiro atoms. The van der Waals surface area contributed by atoms with Gasteiger partial charge in [0.2, 0.25) is 0 Å². The Bertz CT molecular complexity index is 690. The van der Waals surface area contributed by atoms with E-state index in [9.17, 15) is 9.59 Å². The minimum atomic E-state index is -0.612. The largest absolute Gasteiger partial charge is 0.465 e. The molecule has 0 aromatic heterocycles. The molecule has 3 atom stereocenters. The van der Waals surface area contributed by atoms with Crippen LogP contribution in [0.25, 0.3) is 0 Å². The first-order valence-electron chi connectivity index (χ1n) is 10.3. The first-order valence-corrected chi connectivity index (χ1v) is 10.3. The van der Waals surface area contributed by atoms with Crippen LogP contribution in [0.3, 0.4) is 0 Å². The van der Waals surface area contributed by atoms with Gasteiger partial charge < -0.3 is 9.47 Å². The van der Waals surface area contributed by atoms with Gasteiger partial charge in [0.05, 0.1) is 24.7 Å². The zero-order valence-electron chi connectivity index (χ0n) is 17.2. The van der Waals surface area contributed by atoms with Crippen molar-refractivity contribution in [2.24, 2.45) is 17.8 Å². The van der Waals surface area contributed by atoms with Crippen LogP contribution < -0.4 is 0 Å². The maximum atomic E-state index is 12.7. The van der Waals surface area contributed by atoms with Crippen molar-refractivity contribution < 1.29 is 19.1 Å². The molecular formula is C24H32O4. The molecule has 0 aliphatic heterocycles. The highest BCUT2D eigenvalue weighted by molar-refractivity contribution is 5.96. The Labute approximate surface area is 168 Å². The lowest BCUT2D eigenvalue weighted by Gasteiger charge is -2.25. The van der Waals surface area contributed by atoms with Crippen LogP contribution in [-0.4, -0.2) is 25.2 Å². The molecule has 0 heterocycles. The molecule has 28 heavy (non-hydrogen) atoms. The van der Waals surface area contributed by atoms with Crippen LogP contribution in [0.2, 0.25) is 0 Å². The molecule has 0 fully saturated rings. The van der Waals surface area contributed by atoms with E-state index in [2.05, 4.69) is 13.8 Å². The summed E-state index contributed by atoms with van der Waals surface area (Å²) in [7, 11) is 0. The molecule has 1 aliphatic rings. The van der Waals surface area contributed by atoms with Crippen molar-refractivity contribution in [2.45, 2.75) is 46.5 Å². The fourth-order valence-corrected chi connectivity index (χ4v) is 3.46. The second-order valence-electron chi connectivity index (χ2n) is 7.41. The molecule has 0 saturated carbocycles. The summed E-state index contributed by atoms with van der Waals surface area (Å²) >= 11 is 0. The predicted molar refractivity (Wildman–Crippen MR) is 111 cm³/mol. The Kier molecular flexibility index (Phi) is 8.99. The second kappa shape index (κ2) is 11.5. The smallest absolute Gasteiger partial charge is 0.334 e. The topological polar surface area (TPSA) is 52.6 Å². The van der Waals surface area contributed by atoms with Crippen molar-refractivity contribution in [1.29, 1.82) is 0 Å². The van der Waals surface area contributed by atoms with E-state index in [0.29, 0.717) is 31.1 Å². The number of ether oxygens (including phenoxy) is 2. The van der Waals surface area contributed by atoms with Crippen LogP contribution in [-0.2, 0) is 25.5 Å². The van der Waals surface area contributed by atoms with E-state index in [4.69, 9.17) is 9.47 Å². The fraction of sp³-hybridized carbons (Fsp3) is 0.500. The number of allylic oxidation sites excluding steroid dienone is 3. The quantitative estimate of drug-likeness (QED) is 0.539. The molecule has 0 N–H and O–H groups in total. The summed E-state index contributed by atoms with van der Waals surface area (Å²) in [5.74, 6) is -1.12. The van der Waals surface area contributed by atoms with E-state index in [1.807, 2.05) is 49.4 Å². The molecule has 1 aromatic rings. The van der Waals surface area contributed by atoms with Gasteiger partial charge in [0, 0.05) is 6.42 Å². The highest BCUT2D eigenvalue weighted by atomic mass is 16.5. The molecule has 1 aliphatic carbocycles. The Balaban J connectivity index is 1.94. The minimum Gasteiger partial charge on any atom is -0.465 e. The first-order chi connectivity index (χ1) is 13.6. The zero-order chi connectivity index (χ0) is 20.4. The Morgan fingerprint density at radius 2 is 1.86 bits per heavy atom. The standard InChI is InChI=1S/C24H32O4/c1-4-10-19(5-2)17-28-23(25)21-14-9-11-18(3)22(21)24(26)27-16-15-20-12-7-6-8-13-20/h6-9,11-14,18-19,22H,4-5,10,15-17H2,1-3H3/t18-,19?,22?/m0/s1. The maximum absolute atomic E-state index is 12.7. The lowest BCUT2D eigenvalue weighted by Crippen LogP contribution is -2.32. The van der Waals surface area contributed by atoms with Crippen LogP contribution in [0.5, 0.6) is 0 Å². The van der Waals surface area contributed by atoms with Crippen molar-refractivity contribution in [3.63, 3.8) is 0 Å². The van der Waals surface area contributed by atoms with Gasteiger partial charge in [0.25, 0.3) is 0 Å². The summed E-state index contributed by atoms with van der Waals surface area (Å²) in [6.07, 6.45) is 9.15.